The number of benzene rings is 1. The molecule has 1 aromatic heterocycles. The summed E-state index contributed by atoms with van der Waals surface area (Å²) in [5.74, 6) is 0. The van der Waals surface area contributed by atoms with Crippen LogP contribution in [-0.2, 0) is 4.74 Å². The van der Waals surface area contributed by atoms with E-state index >= 15 is 0 Å². The van der Waals surface area contributed by atoms with Crippen molar-refractivity contribution in [3.05, 3.63) is 50.6 Å². The molecule has 0 aliphatic carbocycles. The van der Waals surface area contributed by atoms with Crippen LogP contribution in [0.4, 0.5) is 10.5 Å². The molecule has 1 saturated heterocycles. The summed E-state index contributed by atoms with van der Waals surface area (Å²) < 4.78 is 5.43. The summed E-state index contributed by atoms with van der Waals surface area (Å²) in [6.45, 7) is 3.67. The number of thiophene rings is 1. The Hall–Kier alpha value is -1.31. The molecule has 25 heavy (non-hydrogen) atoms. The maximum Gasteiger partial charge on any atom is 0.319 e. The average molecular weight is 400 g/mol. The number of hydrogen-bond acceptors (Lipinski definition) is 4. The molecule has 5 nitrogen and oxygen atoms in total. The minimum Gasteiger partial charge on any atom is -0.379 e. The summed E-state index contributed by atoms with van der Waals surface area (Å²) in [5, 5.41) is 10.8. The largest absolute Gasteiger partial charge is 0.379 e. The van der Waals surface area contributed by atoms with Crippen molar-refractivity contribution in [1.82, 2.24) is 10.2 Å². The third-order valence-corrected chi connectivity index (χ3v) is 5.49. The van der Waals surface area contributed by atoms with Crippen LogP contribution in [0.1, 0.15) is 11.6 Å². The van der Waals surface area contributed by atoms with Gasteiger partial charge in [-0.05, 0) is 40.6 Å². The lowest BCUT2D eigenvalue weighted by Gasteiger charge is -2.34. The Morgan fingerprint density at radius 1 is 1.24 bits per heavy atom. The Bertz CT molecular complexity index is 706. The highest BCUT2D eigenvalue weighted by atomic mass is 35.5. The van der Waals surface area contributed by atoms with E-state index in [1.165, 1.54) is 5.56 Å². The molecule has 1 aliphatic rings. The van der Waals surface area contributed by atoms with Crippen molar-refractivity contribution in [2.75, 3.05) is 38.2 Å². The molecule has 134 valence electrons. The van der Waals surface area contributed by atoms with E-state index in [1.807, 2.05) is 0 Å². The van der Waals surface area contributed by atoms with Crippen LogP contribution >= 0.6 is 34.5 Å². The molecule has 0 radical (unpaired) electrons. The number of rotatable bonds is 5. The first kappa shape index (κ1) is 18.5. The van der Waals surface area contributed by atoms with E-state index in [9.17, 15) is 4.79 Å². The van der Waals surface area contributed by atoms with E-state index in [0.29, 0.717) is 22.3 Å². The quantitative estimate of drug-likeness (QED) is 0.789. The molecule has 0 bridgehead atoms. The maximum atomic E-state index is 12.2. The van der Waals surface area contributed by atoms with E-state index in [0.717, 1.165) is 26.3 Å². The second kappa shape index (κ2) is 8.87. The second-order valence-corrected chi connectivity index (χ2v) is 7.28. The van der Waals surface area contributed by atoms with Crippen molar-refractivity contribution in [3.8, 4) is 0 Å². The highest BCUT2D eigenvalue weighted by Gasteiger charge is 2.23. The van der Waals surface area contributed by atoms with Crippen LogP contribution in [0.3, 0.4) is 0 Å². The zero-order valence-electron chi connectivity index (χ0n) is 13.5. The SMILES string of the molecule is O=C(NC[C@@H](c1ccsc1)N1CCOCC1)Nc1ccc(Cl)c(Cl)c1. The molecule has 2 aromatic rings. The molecule has 8 heteroatoms. The highest BCUT2D eigenvalue weighted by molar-refractivity contribution is 7.08. The molecule has 1 aromatic carbocycles. The van der Waals surface area contributed by atoms with Gasteiger partial charge in [-0.2, -0.15) is 11.3 Å². The third-order valence-electron chi connectivity index (χ3n) is 4.05. The fourth-order valence-corrected chi connectivity index (χ4v) is 3.76. The third kappa shape index (κ3) is 5.09. The summed E-state index contributed by atoms with van der Waals surface area (Å²) in [5.41, 5.74) is 1.81. The summed E-state index contributed by atoms with van der Waals surface area (Å²) in [7, 11) is 0. The molecule has 2 N–H and O–H groups in total. The van der Waals surface area contributed by atoms with Gasteiger partial charge in [-0.25, -0.2) is 4.79 Å². The predicted octanol–water partition coefficient (Wildman–Crippen LogP) is 4.25. The standard InChI is InChI=1S/C17H19Cl2N3O2S/c18-14-2-1-13(9-15(14)19)21-17(23)20-10-16(12-3-8-25-11-12)22-4-6-24-7-5-22/h1-3,8-9,11,16H,4-7,10H2,(H2,20,21,23)/t16-/m0/s1. The van der Waals surface area contributed by atoms with Crippen LogP contribution in [0.15, 0.2) is 35.0 Å². The first-order valence-corrected chi connectivity index (χ1v) is 9.67. The fraction of sp³-hybridized carbons (Fsp3) is 0.353. The average Bonchev–Trinajstić information content (AvgIpc) is 3.14. The van der Waals surface area contributed by atoms with Gasteiger partial charge in [-0.15, -0.1) is 0 Å². The minimum atomic E-state index is -0.271. The van der Waals surface area contributed by atoms with E-state index < -0.39 is 0 Å². The van der Waals surface area contributed by atoms with Crippen molar-refractivity contribution in [2.24, 2.45) is 0 Å². The van der Waals surface area contributed by atoms with Crippen molar-refractivity contribution in [2.45, 2.75) is 6.04 Å². The van der Waals surface area contributed by atoms with Gasteiger partial charge in [0.2, 0.25) is 0 Å². The number of nitrogens with one attached hydrogen (secondary N) is 2. The number of nitrogens with zero attached hydrogens (tertiary/aromatic N) is 1. The number of carbonyl (C=O) groups is 1. The number of morpholine rings is 1. The van der Waals surface area contributed by atoms with Gasteiger partial charge < -0.3 is 15.4 Å². The first-order chi connectivity index (χ1) is 12.1. The lowest BCUT2D eigenvalue weighted by molar-refractivity contribution is 0.0168. The van der Waals surface area contributed by atoms with Crippen LogP contribution in [0, 0.1) is 0 Å². The Balaban J connectivity index is 1.60. The summed E-state index contributed by atoms with van der Waals surface area (Å²) >= 11 is 13.5. The summed E-state index contributed by atoms with van der Waals surface area (Å²) in [6, 6.07) is 6.96. The van der Waals surface area contributed by atoms with Gasteiger partial charge in [0, 0.05) is 25.3 Å². The lowest BCUT2D eigenvalue weighted by Crippen LogP contribution is -2.44. The van der Waals surface area contributed by atoms with Gasteiger partial charge in [0.05, 0.1) is 29.3 Å². The van der Waals surface area contributed by atoms with E-state index in [-0.39, 0.29) is 12.1 Å². The molecule has 0 saturated carbocycles. The highest BCUT2D eigenvalue weighted by Crippen LogP contribution is 2.25. The predicted molar refractivity (Wildman–Crippen MR) is 103 cm³/mol. The van der Waals surface area contributed by atoms with Gasteiger partial charge in [0.25, 0.3) is 0 Å². The molecule has 0 unspecified atom stereocenters. The minimum absolute atomic E-state index is 0.134. The van der Waals surface area contributed by atoms with Gasteiger partial charge in [0.15, 0.2) is 0 Å². The van der Waals surface area contributed by atoms with Crippen LogP contribution in [0.2, 0.25) is 10.0 Å². The molecular weight excluding hydrogens is 381 g/mol. The van der Waals surface area contributed by atoms with Crippen LogP contribution < -0.4 is 10.6 Å². The zero-order chi connectivity index (χ0) is 17.6. The number of amides is 2. The van der Waals surface area contributed by atoms with Gasteiger partial charge in [0.1, 0.15) is 0 Å². The molecule has 0 spiro atoms. The summed E-state index contributed by atoms with van der Waals surface area (Å²) in [4.78, 5) is 14.6. The first-order valence-electron chi connectivity index (χ1n) is 7.97. The van der Waals surface area contributed by atoms with Crippen molar-refractivity contribution in [1.29, 1.82) is 0 Å². The van der Waals surface area contributed by atoms with Crippen molar-refractivity contribution >= 4 is 46.3 Å². The Morgan fingerprint density at radius 2 is 2.04 bits per heavy atom. The Labute approximate surface area is 160 Å². The van der Waals surface area contributed by atoms with Crippen molar-refractivity contribution in [3.63, 3.8) is 0 Å². The normalized spacial score (nSPS) is 16.4. The van der Waals surface area contributed by atoms with Gasteiger partial charge >= 0.3 is 6.03 Å². The molecule has 2 amide bonds. The van der Waals surface area contributed by atoms with E-state index in [4.69, 9.17) is 27.9 Å². The topological polar surface area (TPSA) is 53.6 Å². The Morgan fingerprint density at radius 3 is 2.72 bits per heavy atom. The maximum absolute atomic E-state index is 12.2. The number of urea groups is 1. The Kier molecular flexibility index (Phi) is 6.56. The smallest absolute Gasteiger partial charge is 0.319 e. The number of hydrogen-bond donors (Lipinski definition) is 2. The molecule has 1 atom stereocenters. The van der Waals surface area contributed by atoms with Crippen LogP contribution in [0.5, 0.6) is 0 Å². The molecule has 3 rings (SSSR count). The molecule has 2 heterocycles. The lowest BCUT2D eigenvalue weighted by atomic mass is 10.1. The second-order valence-electron chi connectivity index (χ2n) is 5.68. The monoisotopic (exact) mass is 399 g/mol. The van der Waals surface area contributed by atoms with Crippen LogP contribution in [0.25, 0.3) is 0 Å². The zero-order valence-corrected chi connectivity index (χ0v) is 15.8. The van der Waals surface area contributed by atoms with Gasteiger partial charge in [-0.3, -0.25) is 4.90 Å². The van der Waals surface area contributed by atoms with E-state index in [2.05, 4.69) is 32.4 Å². The number of anilines is 1. The van der Waals surface area contributed by atoms with Gasteiger partial charge in [-0.1, -0.05) is 23.2 Å². The van der Waals surface area contributed by atoms with Crippen LogP contribution in [-0.4, -0.2) is 43.8 Å². The fourth-order valence-electron chi connectivity index (χ4n) is 2.75. The van der Waals surface area contributed by atoms with E-state index in [1.54, 1.807) is 29.5 Å². The summed E-state index contributed by atoms with van der Waals surface area (Å²) in [6.07, 6.45) is 0. The molecule has 1 fully saturated rings. The molecule has 1 aliphatic heterocycles. The molecular formula is C17H19Cl2N3O2S. The number of ether oxygens (including phenoxy) is 1. The van der Waals surface area contributed by atoms with Crippen molar-refractivity contribution < 1.29 is 9.53 Å². The number of carbonyl (C=O) groups excluding carboxylic acids is 1. The number of halogens is 2.